The Labute approximate surface area is 127 Å². The fraction of sp³-hybridized carbons (Fsp3) is 0.133. The lowest BCUT2D eigenvalue weighted by atomic mass is 10.1. The van der Waals surface area contributed by atoms with Crippen molar-refractivity contribution in [1.29, 1.82) is 0 Å². The number of hydrogen-bond acceptors (Lipinski definition) is 4. The Hall–Kier alpha value is -2.40. The smallest absolute Gasteiger partial charge is 0.259 e. The Morgan fingerprint density at radius 3 is 2.52 bits per heavy atom. The molecule has 0 bridgehead atoms. The number of ether oxygens (including phenoxy) is 2. The number of nitrogens with two attached hydrogens (primary N) is 1. The molecule has 0 radical (unpaired) electrons. The Balaban J connectivity index is 2.31. The molecule has 110 valence electrons. The molecule has 2 aromatic rings. The van der Waals surface area contributed by atoms with Crippen LogP contribution in [0.3, 0.4) is 0 Å². The molecule has 0 aliphatic rings. The van der Waals surface area contributed by atoms with Crippen molar-refractivity contribution in [3.05, 3.63) is 47.0 Å². The Morgan fingerprint density at radius 1 is 1.14 bits per heavy atom. The highest BCUT2D eigenvalue weighted by Crippen LogP contribution is 2.28. The second-order valence-corrected chi connectivity index (χ2v) is 4.67. The van der Waals surface area contributed by atoms with Crippen LogP contribution in [0.5, 0.6) is 11.5 Å². The molecule has 6 heteroatoms. The first-order chi connectivity index (χ1) is 10.0. The van der Waals surface area contributed by atoms with Gasteiger partial charge in [0.2, 0.25) is 0 Å². The number of rotatable bonds is 4. The monoisotopic (exact) mass is 306 g/mol. The molecule has 0 aliphatic heterocycles. The molecule has 0 saturated carbocycles. The highest BCUT2D eigenvalue weighted by molar-refractivity contribution is 6.34. The van der Waals surface area contributed by atoms with Crippen LogP contribution in [0.15, 0.2) is 36.4 Å². The van der Waals surface area contributed by atoms with Gasteiger partial charge in [0, 0.05) is 5.69 Å². The standard InChI is InChI=1S/C15H15ClN2O3/c1-20-10-4-6-14(21-2)11(8-10)15(19)18-13-5-3-9(17)7-12(13)16/h3-8H,17H2,1-2H3,(H,18,19). The lowest BCUT2D eigenvalue weighted by Crippen LogP contribution is -2.13. The number of hydrogen-bond donors (Lipinski definition) is 2. The van der Waals surface area contributed by atoms with E-state index in [2.05, 4.69) is 5.32 Å². The van der Waals surface area contributed by atoms with Crippen LogP contribution in [-0.4, -0.2) is 20.1 Å². The molecule has 5 nitrogen and oxygen atoms in total. The largest absolute Gasteiger partial charge is 0.497 e. The molecule has 0 aliphatic carbocycles. The minimum Gasteiger partial charge on any atom is -0.497 e. The maximum atomic E-state index is 12.4. The summed E-state index contributed by atoms with van der Waals surface area (Å²) in [5.41, 5.74) is 6.97. The molecular formula is C15H15ClN2O3. The number of nitrogen functional groups attached to an aromatic ring is 1. The van der Waals surface area contributed by atoms with Gasteiger partial charge in [0.05, 0.1) is 30.5 Å². The van der Waals surface area contributed by atoms with E-state index in [0.717, 1.165) is 0 Å². The van der Waals surface area contributed by atoms with Gasteiger partial charge in [0.15, 0.2) is 0 Å². The van der Waals surface area contributed by atoms with E-state index in [-0.39, 0.29) is 5.91 Å². The summed E-state index contributed by atoms with van der Waals surface area (Å²) in [4.78, 5) is 12.4. The summed E-state index contributed by atoms with van der Waals surface area (Å²) in [5, 5.41) is 3.08. The molecular weight excluding hydrogens is 292 g/mol. The van der Waals surface area contributed by atoms with Gasteiger partial charge in [0.1, 0.15) is 11.5 Å². The number of anilines is 2. The molecule has 2 aromatic carbocycles. The highest BCUT2D eigenvalue weighted by atomic mass is 35.5. The first-order valence-corrected chi connectivity index (χ1v) is 6.51. The molecule has 3 N–H and O–H groups in total. The Bertz CT molecular complexity index is 674. The van der Waals surface area contributed by atoms with E-state index in [1.807, 2.05) is 0 Å². The van der Waals surface area contributed by atoms with Gasteiger partial charge in [-0.2, -0.15) is 0 Å². The molecule has 0 spiro atoms. The summed E-state index contributed by atoms with van der Waals surface area (Å²) in [5.74, 6) is 0.654. The zero-order chi connectivity index (χ0) is 15.4. The quantitative estimate of drug-likeness (QED) is 0.851. The van der Waals surface area contributed by atoms with Crippen molar-refractivity contribution in [1.82, 2.24) is 0 Å². The maximum Gasteiger partial charge on any atom is 0.259 e. The molecule has 2 rings (SSSR count). The zero-order valence-corrected chi connectivity index (χ0v) is 12.4. The Kier molecular flexibility index (Phi) is 4.55. The van der Waals surface area contributed by atoms with Crippen LogP contribution in [0, 0.1) is 0 Å². The van der Waals surface area contributed by atoms with Crippen LogP contribution in [0.4, 0.5) is 11.4 Å². The molecule has 0 unspecified atom stereocenters. The second-order valence-electron chi connectivity index (χ2n) is 4.26. The molecule has 0 heterocycles. The number of carbonyl (C=O) groups is 1. The van der Waals surface area contributed by atoms with Crippen LogP contribution in [0.2, 0.25) is 5.02 Å². The maximum absolute atomic E-state index is 12.4. The summed E-state index contributed by atoms with van der Waals surface area (Å²) in [7, 11) is 3.02. The van der Waals surface area contributed by atoms with Crippen molar-refractivity contribution >= 4 is 28.9 Å². The molecule has 1 amide bonds. The van der Waals surface area contributed by atoms with Gasteiger partial charge in [-0.05, 0) is 36.4 Å². The summed E-state index contributed by atoms with van der Waals surface area (Å²) in [6, 6.07) is 9.84. The van der Waals surface area contributed by atoms with Gasteiger partial charge in [-0.1, -0.05) is 11.6 Å². The van der Waals surface area contributed by atoms with Crippen molar-refractivity contribution in [2.75, 3.05) is 25.3 Å². The van der Waals surface area contributed by atoms with E-state index in [1.165, 1.54) is 14.2 Å². The Morgan fingerprint density at radius 2 is 1.90 bits per heavy atom. The summed E-state index contributed by atoms with van der Waals surface area (Å²) in [6.07, 6.45) is 0. The molecule has 21 heavy (non-hydrogen) atoms. The SMILES string of the molecule is COc1ccc(OC)c(C(=O)Nc2ccc(N)cc2Cl)c1. The van der Waals surface area contributed by atoms with Crippen LogP contribution in [0.1, 0.15) is 10.4 Å². The van der Waals surface area contributed by atoms with Crippen molar-refractivity contribution < 1.29 is 14.3 Å². The van der Waals surface area contributed by atoms with Crippen molar-refractivity contribution in [2.45, 2.75) is 0 Å². The fourth-order valence-corrected chi connectivity index (χ4v) is 2.05. The van der Waals surface area contributed by atoms with Gasteiger partial charge in [-0.25, -0.2) is 0 Å². The number of amides is 1. The van der Waals surface area contributed by atoms with Crippen molar-refractivity contribution in [2.24, 2.45) is 0 Å². The summed E-state index contributed by atoms with van der Waals surface area (Å²) in [6.45, 7) is 0. The van der Waals surface area contributed by atoms with Crippen LogP contribution >= 0.6 is 11.6 Å². The third-order valence-corrected chi connectivity index (χ3v) is 3.21. The first kappa shape index (κ1) is 15.0. The number of methoxy groups -OCH3 is 2. The number of benzene rings is 2. The normalized spacial score (nSPS) is 10.0. The zero-order valence-electron chi connectivity index (χ0n) is 11.6. The third kappa shape index (κ3) is 3.38. The molecule has 0 fully saturated rings. The van der Waals surface area contributed by atoms with Gasteiger partial charge in [-0.15, -0.1) is 0 Å². The number of halogens is 1. The fourth-order valence-electron chi connectivity index (χ4n) is 1.81. The lowest BCUT2D eigenvalue weighted by molar-refractivity contribution is 0.102. The molecule has 0 saturated heterocycles. The van der Waals surface area contributed by atoms with Crippen LogP contribution in [0.25, 0.3) is 0 Å². The van der Waals surface area contributed by atoms with E-state index >= 15 is 0 Å². The van der Waals surface area contributed by atoms with E-state index in [9.17, 15) is 4.79 Å². The lowest BCUT2D eigenvalue weighted by Gasteiger charge is -2.12. The second kappa shape index (κ2) is 6.37. The first-order valence-electron chi connectivity index (χ1n) is 6.13. The minimum absolute atomic E-state index is 0.350. The van der Waals surface area contributed by atoms with Crippen LogP contribution in [-0.2, 0) is 0 Å². The van der Waals surface area contributed by atoms with E-state index in [0.29, 0.717) is 33.5 Å². The topological polar surface area (TPSA) is 73.6 Å². The van der Waals surface area contributed by atoms with Crippen molar-refractivity contribution in [3.63, 3.8) is 0 Å². The number of nitrogens with one attached hydrogen (secondary N) is 1. The van der Waals surface area contributed by atoms with E-state index in [4.69, 9.17) is 26.8 Å². The molecule has 0 aromatic heterocycles. The predicted octanol–water partition coefficient (Wildman–Crippen LogP) is 3.19. The van der Waals surface area contributed by atoms with Gasteiger partial charge in [-0.3, -0.25) is 4.79 Å². The van der Waals surface area contributed by atoms with Gasteiger partial charge in [0.25, 0.3) is 5.91 Å². The van der Waals surface area contributed by atoms with E-state index < -0.39 is 0 Å². The number of carbonyl (C=O) groups excluding carboxylic acids is 1. The summed E-state index contributed by atoms with van der Waals surface area (Å²) >= 11 is 6.04. The third-order valence-electron chi connectivity index (χ3n) is 2.89. The summed E-state index contributed by atoms with van der Waals surface area (Å²) < 4.78 is 10.3. The van der Waals surface area contributed by atoms with Gasteiger partial charge < -0.3 is 20.5 Å². The highest BCUT2D eigenvalue weighted by Gasteiger charge is 2.15. The minimum atomic E-state index is -0.350. The van der Waals surface area contributed by atoms with Crippen molar-refractivity contribution in [3.8, 4) is 11.5 Å². The predicted molar refractivity (Wildman–Crippen MR) is 83.4 cm³/mol. The van der Waals surface area contributed by atoms with Gasteiger partial charge >= 0.3 is 0 Å². The molecule has 0 atom stereocenters. The van der Waals surface area contributed by atoms with Crippen LogP contribution < -0.4 is 20.5 Å². The van der Waals surface area contributed by atoms with E-state index in [1.54, 1.807) is 36.4 Å². The average molecular weight is 307 g/mol. The average Bonchev–Trinajstić information content (AvgIpc) is 2.49.